The Hall–Kier alpha value is -2.39. The van der Waals surface area contributed by atoms with Gasteiger partial charge in [0, 0.05) is 6.54 Å². The van der Waals surface area contributed by atoms with Gasteiger partial charge in [-0.3, -0.25) is 4.79 Å². The number of carbonyl (C=O) groups excluding carboxylic acids is 1. The van der Waals surface area contributed by atoms with Gasteiger partial charge in [0.25, 0.3) is 0 Å². The molecule has 5 nitrogen and oxygen atoms in total. The average Bonchev–Trinajstić information content (AvgIpc) is 3.15. The molecule has 0 radical (unpaired) electrons. The van der Waals surface area contributed by atoms with Crippen molar-refractivity contribution in [2.75, 3.05) is 6.54 Å². The molecule has 1 saturated heterocycles. The molecular weight excluding hydrogens is 393 g/mol. The molecule has 1 fully saturated rings. The molecule has 28 heavy (non-hydrogen) atoms. The van der Waals surface area contributed by atoms with Gasteiger partial charge < -0.3 is 5.32 Å². The Bertz CT molecular complexity index is 980. The minimum absolute atomic E-state index is 0.0951. The van der Waals surface area contributed by atoms with E-state index >= 15 is 0 Å². The summed E-state index contributed by atoms with van der Waals surface area (Å²) in [6, 6.07) is 6.14. The van der Waals surface area contributed by atoms with Gasteiger partial charge >= 0.3 is 0 Å². The molecule has 0 spiro atoms. The van der Waals surface area contributed by atoms with Crippen molar-refractivity contribution in [2.24, 2.45) is 0 Å². The Morgan fingerprint density at radius 1 is 1.11 bits per heavy atom. The van der Waals surface area contributed by atoms with Crippen molar-refractivity contribution < 1.29 is 26.4 Å². The summed E-state index contributed by atoms with van der Waals surface area (Å²) in [5, 5.41) is 2.65. The maximum atomic E-state index is 13.4. The molecule has 9 heteroatoms. The summed E-state index contributed by atoms with van der Waals surface area (Å²) < 4.78 is 66.3. The molecule has 0 bridgehead atoms. The van der Waals surface area contributed by atoms with Gasteiger partial charge in [0.2, 0.25) is 15.9 Å². The van der Waals surface area contributed by atoms with Crippen LogP contribution >= 0.6 is 0 Å². The first-order chi connectivity index (χ1) is 13.2. The molecule has 3 rings (SSSR count). The second-order valence-corrected chi connectivity index (χ2v) is 8.52. The first-order valence-electron chi connectivity index (χ1n) is 8.73. The number of nitrogens with one attached hydrogen (secondary N) is 1. The SMILES string of the molecule is CC(NC(=O)C1CCCN1S(=O)(=O)c1ccc(F)cc1)c1ccc(F)c(F)c1. The lowest BCUT2D eigenvalue weighted by Crippen LogP contribution is -2.46. The molecule has 0 saturated carbocycles. The summed E-state index contributed by atoms with van der Waals surface area (Å²) in [4.78, 5) is 12.6. The topological polar surface area (TPSA) is 66.5 Å². The van der Waals surface area contributed by atoms with E-state index in [1.807, 2.05) is 0 Å². The Morgan fingerprint density at radius 2 is 1.79 bits per heavy atom. The predicted octanol–water partition coefficient (Wildman–Crippen LogP) is 3.13. The van der Waals surface area contributed by atoms with Crippen LogP contribution in [0.3, 0.4) is 0 Å². The van der Waals surface area contributed by atoms with E-state index in [0.717, 1.165) is 40.7 Å². The summed E-state index contributed by atoms with van der Waals surface area (Å²) >= 11 is 0. The number of sulfonamides is 1. The van der Waals surface area contributed by atoms with E-state index < -0.39 is 45.5 Å². The summed E-state index contributed by atoms with van der Waals surface area (Å²) in [7, 11) is -3.97. The Labute approximate surface area is 161 Å². The van der Waals surface area contributed by atoms with Crippen molar-refractivity contribution in [3.05, 3.63) is 65.5 Å². The van der Waals surface area contributed by atoms with Crippen LogP contribution in [0.4, 0.5) is 13.2 Å². The Morgan fingerprint density at radius 3 is 2.43 bits per heavy atom. The summed E-state index contributed by atoms with van der Waals surface area (Å²) in [5.41, 5.74) is 0.359. The number of nitrogens with zero attached hydrogens (tertiary/aromatic N) is 1. The van der Waals surface area contributed by atoms with E-state index in [-0.39, 0.29) is 11.4 Å². The summed E-state index contributed by atoms with van der Waals surface area (Å²) in [6.07, 6.45) is 0.828. The number of hydrogen-bond donors (Lipinski definition) is 1. The van der Waals surface area contributed by atoms with E-state index in [1.165, 1.54) is 6.07 Å². The van der Waals surface area contributed by atoms with Gasteiger partial charge in [-0.05, 0) is 61.7 Å². The molecule has 2 atom stereocenters. The highest BCUT2D eigenvalue weighted by atomic mass is 32.2. The summed E-state index contributed by atoms with van der Waals surface area (Å²) in [6.45, 7) is 1.76. The zero-order chi connectivity index (χ0) is 20.5. The number of benzene rings is 2. The Kier molecular flexibility index (Phi) is 5.76. The van der Waals surface area contributed by atoms with E-state index in [1.54, 1.807) is 6.92 Å². The zero-order valence-electron chi connectivity index (χ0n) is 15.0. The third-order valence-electron chi connectivity index (χ3n) is 4.73. The second-order valence-electron chi connectivity index (χ2n) is 6.63. The molecule has 1 aliphatic heterocycles. The lowest BCUT2D eigenvalue weighted by atomic mass is 10.1. The minimum atomic E-state index is -3.97. The standard InChI is InChI=1S/C19H19F3N2O3S/c1-12(13-4-9-16(21)17(22)11-13)23-19(25)18-3-2-10-24(18)28(26,27)15-7-5-14(20)6-8-15/h4-9,11-12,18H,2-3,10H2,1H3,(H,23,25). The van der Waals surface area contributed by atoms with Crippen molar-refractivity contribution in [1.29, 1.82) is 0 Å². The fourth-order valence-electron chi connectivity index (χ4n) is 3.21. The van der Waals surface area contributed by atoms with Gasteiger partial charge in [-0.1, -0.05) is 6.07 Å². The molecule has 0 aromatic heterocycles. The van der Waals surface area contributed by atoms with Crippen molar-refractivity contribution in [1.82, 2.24) is 9.62 Å². The van der Waals surface area contributed by atoms with E-state index in [2.05, 4.69) is 5.32 Å². The number of hydrogen-bond acceptors (Lipinski definition) is 3. The van der Waals surface area contributed by atoms with Crippen LogP contribution in [-0.4, -0.2) is 31.2 Å². The fourth-order valence-corrected chi connectivity index (χ4v) is 4.86. The molecule has 2 aromatic rings. The van der Waals surface area contributed by atoms with Crippen LogP contribution in [0.5, 0.6) is 0 Å². The largest absolute Gasteiger partial charge is 0.348 e. The molecule has 1 amide bonds. The van der Waals surface area contributed by atoms with Gasteiger partial charge in [-0.2, -0.15) is 4.31 Å². The van der Waals surface area contributed by atoms with Crippen LogP contribution in [0.15, 0.2) is 47.4 Å². The van der Waals surface area contributed by atoms with Crippen molar-refractivity contribution in [3.8, 4) is 0 Å². The zero-order valence-corrected chi connectivity index (χ0v) is 15.8. The van der Waals surface area contributed by atoms with E-state index in [9.17, 15) is 26.4 Å². The van der Waals surface area contributed by atoms with Crippen LogP contribution in [0.2, 0.25) is 0 Å². The van der Waals surface area contributed by atoms with Crippen LogP contribution in [0.25, 0.3) is 0 Å². The number of rotatable bonds is 5. The van der Waals surface area contributed by atoms with Crippen LogP contribution in [-0.2, 0) is 14.8 Å². The molecular formula is C19H19F3N2O3S. The number of carbonyl (C=O) groups is 1. The van der Waals surface area contributed by atoms with Crippen LogP contribution in [0, 0.1) is 17.5 Å². The highest BCUT2D eigenvalue weighted by Crippen LogP contribution is 2.27. The monoisotopic (exact) mass is 412 g/mol. The molecule has 0 aliphatic carbocycles. The smallest absolute Gasteiger partial charge is 0.243 e. The molecule has 1 heterocycles. The molecule has 2 unspecified atom stereocenters. The maximum Gasteiger partial charge on any atom is 0.243 e. The van der Waals surface area contributed by atoms with Crippen molar-refractivity contribution in [3.63, 3.8) is 0 Å². The van der Waals surface area contributed by atoms with E-state index in [4.69, 9.17) is 0 Å². The molecule has 2 aromatic carbocycles. The average molecular weight is 412 g/mol. The van der Waals surface area contributed by atoms with Crippen molar-refractivity contribution in [2.45, 2.75) is 36.7 Å². The van der Waals surface area contributed by atoms with Gasteiger partial charge in [-0.15, -0.1) is 0 Å². The van der Waals surface area contributed by atoms with Crippen LogP contribution < -0.4 is 5.32 Å². The summed E-state index contributed by atoms with van der Waals surface area (Å²) in [5.74, 6) is -3.11. The minimum Gasteiger partial charge on any atom is -0.348 e. The van der Waals surface area contributed by atoms with Gasteiger partial charge in [-0.25, -0.2) is 21.6 Å². The van der Waals surface area contributed by atoms with Gasteiger partial charge in [0.1, 0.15) is 11.9 Å². The Balaban J connectivity index is 1.77. The van der Waals surface area contributed by atoms with Crippen molar-refractivity contribution >= 4 is 15.9 Å². The second kappa shape index (κ2) is 7.92. The number of amides is 1. The molecule has 1 aliphatic rings. The highest BCUT2D eigenvalue weighted by Gasteiger charge is 2.39. The molecule has 150 valence electrons. The first kappa shape index (κ1) is 20.3. The third-order valence-corrected chi connectivity index (χ3v) is 6.65. The predicted molar refractivity (Wildman–Crippen MR) is 96.2 cm³/mol. The lowest BCUT2D eigenvalue weighted by Gasteiger charge is -2.25. The fraction of sp³-hybridized carbons (Fsp3) is 0.316. The lowest BCUT2D eigenvalue weighted by molar-refractivity contribution is -0.124. The van der Waals surface area contributed by atoms with Gasteiger partial charge in [0.15, 0.2) is 11.6 Å². The third kappa shape index (κ3) is 4.05. The quantitative estimate of drug-likeness (QED) is 0.821. The first-order valence-corrected chi connectivity index (χ1v) is 10.2. The number of halogens is 3. The van der Waals surface area contributed by atoms with E-state index in [0.29, 0.717) is 18.4 Å². The molecule has 1 N–H and O–H groups in total. The van der Waals surface area contributed by atoms with Crippen LogP contribution in [0.1, 0.15) is 31.4 Å². The highest BCUT2D eigenvalue weighted by molar-refractivity contribution is 7.89. The van der Waals surface area contributed by atoms with Gasteiger partial charge in [0.05, 0.1) is 10.9 Å². The normalized spacial score (nSPS) is 18.8. The maximum absolute atomic E-state index is 13.4.